The molecule has 1 aliphatic heterocycles. The Kier molecular flexibility index (Phi) is 2.54. The van der Waals surface area contributed by atoms with Crippen molar-refractivity contribution in [2.24, 2.45) is 16.7 Å². The van der Waals surface area contributed by atoms with Crippen molar-refractivity contribution in [3.63, 3.8) is 0 Å². The van der Waals surface area contributed by atoms with Crippen LogP contribution in [0.3, 0.4) is 0 Å². The van der Waals surface area contributed by atoms with Gasteiger partial charge in [-0.1, -0.05) is 27.7 Å². The second-order valence-corrected chi connectivity index (χ2v) is 7.53. The Labute approximate surface area is 121 Å². The smallest absolute Gasteiger partial charge is 0.231 e. The van der Waals surface area contributed by atoms with Gasteiger partial charge in [-0.25, -0.2) is 0 Å². The number of carbonyl (C=O) groups is 1. The number of carbonyl (C=O) groups excluding carboxylic acids is 1. The first kappa shape index (κ1) is 13.5. The van der Waals surface area contributed by atoms with Crippen molar-refractivity contribution in [3.05, 3.63) is 23.8 Å². The van der Waals surface area contributed by atoms with Crippen molar-refractivity contribution in [2.45, 2.75) is 47.1 Å². The van der Waals surface area contributed by atoms with Gasteiger partial charge in [0.15, 0.2) is 0 Å². The zero-order chi connectivity index (χ0) is 14.9. The van der Waals surface area contributed by atoms with Gasteiger partial charge >= 0.3 is 0 Å². The summed E-state index contributed by atoms with van der Waals surface area (Å²) in [5, 5.41) is 0. The summed E-state index contributed by atoms with van der Waals surface area (Å²) in [5.41, 5.74) is 9.04. The number of nitrogen functional groups attached to an aromatic ring is 1. The average Bonchev–Trinajstić information content (AvgIpc) is 2.61. The Bertz CT molecular complexity index is 575. The number of hydrogen-bond donors (Lipinski definition) is 1. The van der Waals surface area contributed by atoms with Crippen LogP contribution < -0.4 is 10.6 Å². The quantitative estimate of drug-likeness (QED) is 0.798. The lowest BCUT2D eigenvalue weighted by molar-refractivity contribution is -0.121. The molecule has 0 aromatic heterocycles. The van der Waals surface area contributed by atoms with Gasteiger partial charge in [-0.15, -0.1) is 0 Å². The third kappa shape index (κ3) is 1.55. The molecule has 2 N–H and O–H groups in total. The molecular formula is C17H24N2O. The third-order valence-corrected chi connectivity index (χ3v) is 5.82. The SMILES string of the molecule is CC1Cc2cc(N)ccc2N1C(=O)C1C(C)(C)C1(C)C. The van der Waals surface area contributed by atoms with Gasteiger partial charge in [-0.05, 0) is 47.9 Å². The standard InChI is InChI=1S/C17H24N2O/c1-10-8-11-9-12(18)6-7-13(11)19(10)15(20)14-16(2,3)17(14,4)5/h6-7,9-10,14H,8,18H2,1-5H3. The van der Waals surface area contributed by atoms with E-state index in [4.69, 9.17) is 5.73 Å². The van der Waals surface area contributed by atoms with Crippen LogP contribution in [0.5, 0.6) is 0 Å². The minimum Gasteiger partial charge on any atom is -0.399 e. The van der Waals surface area contributed by atoms with Gasteiger partial charge in [0.2, 0.25) is 5.91 Å². The minimum atomic E-state index is 0.0837. The molecule has 20 heavy (non-hydrogen) atoms. The second-order valence-electron chi connectivity index (χ2n) is 7.53. The molecule has 0 radical (unpaired) electrons. The fourth-order valence-corrected chi connectivity index (χ4v) is 3.94. The molecule has 1 fully saturated rings. The van der Waals surface area contributed by atoms with E-state index in [0.29, 0.717) is 0 Å². The first-order chi connectivity index (χ1) is 9.18. The molecule has 0 bridgehead atoms. The van der Waals surface area contributed by atoms with E-state index in [1.807, 2.05) is 23.1 Å². The van der Waals surface area contributed by atoms with Crippen molar-refractivity contribution in [1.82, 2.24) is 0 Å². The molecule has 3 heteroatoms. The number of nitrogens with zero attached hydrogens (tertiary/aromatic N) is 1. The van der Waals surface area contributed by atoms with Crippen LogP contribution in [-0.4, -0.2) is 11.9 Å². The number of benzene rings is 1. The van der Waals surface area contributed by atoms with Gasteiger partial charge in [0.05, 0.1) is 0 Å². The van der Waals surface area contributed by atoms with Gasteiger partial charge < -0.3 is 10.6 Å². The maximum absolute atomic E-state index is 13.0. The lowest BCUT2D eigenvalue weighted by atomic mass is 10.0. The summed E-state index contributed by atoms with van der Waals surface area (Å²) in [7, 11) is 0. The van der Waals surface area contributed by atoms with E-state index in [-0.39, 0.29) is 28.7 Å². The summed E-state index contributed by atoms with van der Waals surface area (Å²) in [5.74, 6) is 0.386. The number of amides is 1. The van der Waals surface area contributed by atoms with Crippen LogP contribution in [0.2, 0.25) is 0 Å². The second kappa shape index (κ2) is 3.78. The van der Waals surface area contributed by atoms with Gasteiger partial charge in [0.25, 0.3) is 0 Å². The molecule has 108 valence electrons. The number of rotatable bonds is 1. The van der Waals surface area contributed by atoms with Crippen LogP contribution in [0.4, 0.5) is 11.4 Å². The fraction of sp³-hybridized carbons (Fsp3) is 0.588. The van der Waals surface area contributed by atoms with Crippen molar-refractivity contribution < 1.29 is 4.79 Å². The van der Waals surface area contributed by atoms with E-state index in [1.54, 1.807) is 0 Å². The van der Waals surface area contributed by atoms with E-state index in [1.165, 1.54) is 5.56 Å². The zero-order valence-electron chi connectivity index (χ0n) is 13.0. The van der Waals surface area contributed by atoms with E-state index in [2.05, 4.69) is 34.6 Å². The van der Waals surface area contributed by atoms with Crippen molar-refractivity contribution in [2.75, 3.05) is 10.6 Å². The van der Waals surface area contributed by atoms with Crippen LogP contribution >= 0.6 is 0 Å². The lowest BCUT2D eigenvalue weighted by Crippen LogP contribution is -2.38. The summed E-state index contributed by atoms with van der Waals surface area (Å²) in [6.07, 6.45) is 0.902. The number of hydrogen-bond acceptors (Lipinski definition) is 2. The minimum absolute atomic E-state index is 0.0837. The summed E-state index contributed by atoms with van der Waals surface area (Å²) in [6.45, 7) is 10.9. The molecule has 0 spiro atoms. The topological polar surface area (TPSA) is 46.3 Å². The summed E-state index contributed by atoms with van der Waals surface area (Å²) in [4.78, 5) is 15.0. The molecule has 1 saturated carbocycles. The molecule has 1 heterocycles. The zero-order valence-corrected chi connectivity index (χ0v) is 13.0. The van der Waals surface area contributed by atoms with Gasteiger partial charge in [-0.3, -0.25) is 4.79 Å². The molecule has 1 aromatic carbocycles. The highest BCUT2D eigenvalue weighted by Gasteiger charge is 2.69. The predicted octanol–water partition coefficient (Wildman–Crippen LogP) is 3.23. The van der Waals surface area contributed by atoms with E-state index in [0.717, 1.165) is 17.8 Å². The third-order valence-electron chi connectivity index (χ3n) is 5.82. The summed E-state index contributed by atoms with van der Waals surface area (Å²) >= 11 is 0. The number of nitrogens with two attached hydrogens (primary N) is 1. The van der Waals surface area contributed by atoms with E-state index in [9.17, 15) is 4.79 Å². The molecule has 3 rings (SSSR count). The first-order valence-electron chi connectivity index (χ1n) is 7.39. The molecule has 3 nitrogen and oxygen atoms in total. The highest BCUT2D eigenvalue weighted by Crippen LogP contribution is 2.69. The number of fused-ring (bicyclic) bond motifs is 1. The summed E-state index contributed by atoms with van der Waals surface area (Å²) in [6, 6.07) is 6.11. The Morgan fingerprint density at radius 1 is 1.25 bits per heavy atom. The molecule has 1 atom stereocenters. The van der Waals surface area contributed by atoms with Crippen molar-refractivity contribution >= 4 is 17.3 Å². The lowest BCUT2D eigenvalue weighted by Gasteiger charge is -2.24. The van der Waals surface area contributed by atoms with Crippen LogP contribution in [0.1, 0.15) is 40.2 Å². The Morgan fingerprint density at radius 2 is 1.85 bits per heavy atom. The Balaban J connectivity index is 1.95. The highest BCUT2D eigenvalue weighted by molar-refractivity contribution is 6.00. The highest BCUT2D eigenvalue weighted by atomic mass is 16.2. The van der Waals surface area contributed by atoms with Crippen LogP contribution in [-0.2, 0) is 11.2 Å². The van der Waals surface area contributed by atoms with E-state index < -0.39 is 0 Å². The summed E-state index contributed by atoms with van der Waals surface area (Å²) < 4.78 is 0. The molecule has 1 unspecified atom stereocenters. The molecule has 1 amide bonds. The molecule has 1 aromatic rings. The van der Waals surface area contributed by atoms with Gasteiger partial charge in [0.1, 0.15) is 0 Å². The van der Waals surface area contributed by atoms with Crippen LogP contribution in [0.15, 0.2) is 18.2 Å². The number of anilines is 2. The Morgan fingerprint density at radius 3 is 2.40 bits per heavy atom. The maximum Gasteiger partial charge on any atom is 0.231 e. The molecular weight excluding hydrogens is 248 g/mol. The van der Waals surface area contributed by atoms with Gasteiger partial charge in [-0.2, -0.15) is 0 Å². The Hall–Kier alpha value is -1.51. The molecule has 2 aliphatic rings. The average molecular weight is 272 g/mol. The first-order valence-corrected chi connectivity index (χ1v) is 7.39. The van der Waals surface area contributed by atoms with Crippen molar-refractivity contribution in [3.8, 4) is 0 Å². The predicted molar refractivity (Wildman–Crippen MR) is 82.6 cm³/mol. The van der Waals surface area contributed by atoms with E-state index >= 15 is 0 Å². The largest absolute Gasteiger partial charge is 0.399 e. The normalized spacial score (nSPS) is 26.4. The van der Waals surface area contributed by atoms with Gasteiger partial charge in [0, 0.05) is 23.3 Å². The fourth-order valence-electron chi connectivity index (χ4n) is 3.94. The molecule has 0 saturated heterocycles. The van der Waals surface area contributed by atoms with Crippen LogP contribution in [0, 0.1) is 16.7 Å². The maximum atomic E-state index is 13.0. The van der Waals surface area contributed by atoms with Crippen molar-refractivity contribution in [1.29, 1.82) is 0 Å². The monoisotopic (exact) mass is 272 g/mol. The molecule has 1 aliphatic carbocycles. The van der Waals surface area contributed by atoms with Crippen LogP contribution in [0.25, 0.3) is 0 Å².